The normalized spacial score (nSPS) is 11.2. The molecule has 0 aliphatic heterocycles. The topological polar surface area (TPSA) is 105 Å². The standard InChI is InChI=1S/C22H22N2O6S/c1-4-29-21(25)18-19(22(26)30-5-2)23-24(20(18)15-9-7-6-8-10-15)16-11-13-17(14-12-16)31(3,27)28/h6-14H,4-5H2,1-3H3. The Bertz CT molecular complexity index is 1200. The predicted octanol–water partition coefficient (Wildman–Crippen LogP) is 3.30. The summed E-state index contributed by atoms with van der Waals surface area (Å²) >= 11 is 0. The van der Waals surface area contributed by atoms with Crippen molar-refractivity contribution in [2.45, 2.75) is 18.7 Å². The van der Waals surface area contributed by atoms with Crippen LogP contribution in [0.1, 0.15) is 34.7 Å². The van der Waals surface area contributed by atoms with Crippen molar-refractivity contribution in [1.29, 1.82) is 0 Å². The van der Waals surface area contributed by atoms with Crippen LogP contribution >= 0.6 is 0 Å². The van der Waals surface area contributed by atoms with E-state index < -0.39 is 21.8 Å². The summed E-state index contributed by atoms with van der Waals surface area (Å²) in [5, 5.41) is 4.36. The van der Waals surface area contributed by atoms with Crippen LogP contribution in [0.25, 0.3) is 16.9 Å². The second-order valence-corrected chi connectivity index (χ2v) is 8.57. The number of esters is 2. The number of hydrogen-bond donors (Lipinski definition) is 0. The molecule has 3 rings (SSSR count). The first-order chi connectivity index (χ1) is 14.8. The van der Waals surface area contributed by atoms with E-state index in [0.717, 1.165) is 6.26 Å². The summed E-state index contributed by atoms with van der Waals surface area (Å²) in [7, 11) is -3.39. The third-order valence-corrected chi connectivity index (χ3v) is 5.52. The van der Waals surface area contributed by atoms with Crippen LogP contribution in [-0.4, -0.2) is 49.6 Å². The van der Waals surface area contributed by atoms with Gasteiger partial charge in [-0.25, -0.2) is 22.7 Å². The summed E-state index contributed by atoms with van der Waals surface area (Å²) in [4.78, 5) is 25.6. The summed E-state index contributed by atoms with van der Waals surface area (Å²) in [6, 6.07) is 14.9. The Labute approximate surface area is 180 Å². The zero-order chi connectivity index (χ0) is 22.6. The molecule has 0 spiro atoms. The van der Waals surface area contributed by atoms with Gasteiger partial charge in [-0.1, -0.05) is 30.3 Å². The molecule has 0 saturated heterocycles. The third kappa shape index (κ3) is 4.66. The summed E-state index contributed by atoms with van der Waals surface area (Å²) in [6.45, 7) is 3.54. The highest BCUT2D eigenvalue weighted by molar-refractivity contribution is 7.90. The Morgan fingerprint density at radius 3 is 2.03 bits per heavy atom. The summed E-state index contributed by atoms with van der Waals surface area (Å²) < 4.78 is 35.3. The summed E-state index contributed by atoms with van der Waals surface area (Å²) in [5.74, 6) is -1.46. The Morgan fingerprint density at radius 1 is 0.903 bits per heavy atom. The number of nitrogens with zero attached hydrogens (tertiary/aromatic N) is 2. The van der Waals surface area contributed by atoms with Crippen LogP contribution in [0.5, 0.6) is 0 Å². The molecule has 0 bridgehead atoms. The Morgan fingerprint density at radius 2 is 1.48 bits per heavy atom. The van der Waals surface area contributed by atoms with Gasteiger partial charge < -0.3 is 9.47 Å². The van der Waals surface area contributed by atoms with Crippen molar-refractivity contribution in [2.24, 2.45) is 0 Å². The minimum Gasteiger partial charge on any atom is -0.462 e. The van der Waals surface area contributed by atoms with Gasteiger partial charge in [0.2, 0.25) is 0 Å². The molecule has 3 aromatic rings. The lowest BCUT2D eigenvalue weighted by atomic mass is 10.1. The van der Waals surface area contributed by atoms with E-state index in [1.54, 1.807) is 50.2 Å². The first kappa shape index (κ1) is 22.2. The molecule has 0 amide bonds. The van der Waals surface area contributed by atoms with E-state index in [4.69, 9.17) is 9.47 Å². The van der Waals surface area contributed by atoms with Crippen molar-refractivity contribution in [3.05, 3.63) is 65.9 Å². The van der Waals surface area contributed by atoms with E-state index in [1.165, 1.54) is 16.8 Å². The molecule has 0 aliphatic carbocycles. The zero-order valence-electron chi connectivity index (χ0n) is 17.4. The van der Waals surface area contributed by atoms with E-state index in [9.17, 15) is 18.0 Å². The molecule has 1 heterocycles. The van der Waals surface area contributed by atoms with Crippen molar-refractivity contribution in [3.63, 3.8) is 0 Å². The molecule has 31 heavy (non-hydrogen) atoms. The average molecular weight is 442 g/mol. The van der Waals surface area contributed by atoms with Gasteiger partial charge in [-0.05, 0) is 38.1 Å². The highest BCUT2D eigenvalue weighted by Gasteiger charge is 2.31. The first-order valence-electron chi connectivity index (χ1n) is 9.61. The molecule has 162 valence electrons. The fraction of sp³-hybridized carbons (Fsp3) is 0.227. The number of ether oxygens (including phenoxy) is 2. The fourth-order valence-electron chi connectivity index (χ4n) is 3.04. The maximum Gasteiger partial charge on any atom is 0.359 e. The zero-order valence-corrected chi connectivity index (χ0v) is 18.2. The van der Waals surface area contributed by atoms with Crippen LogP contribution in [0.4, 0.5) is 0 Å². The molecule has 0 atom stereocenters. The molecule has 8 nitrogen and oxygen atoms in total. The molecule has 0 N–H and O–H groups in total. The molecular formula is C22H22N2O6S. The monoisotopic (exact) mass is 442 g/mol. The molecule has 0 aliphatic rings. The average Bonchev–Trinajstić information content (AvgIpc) is 3.15. The highest BCUT2D eigenvalue weighted by Crippen LogP contribution is 2.31. The fourth-order valence-corrected chi connectivity index (χ4v) is 3.67. The number of hydrogen-bond acceptors (Lipinski definition) is 7. The lowest BCUT2D eigenvalue weighted by Crippen LogP contribution is -2.13. The smallest absolute Gasteiger partial charge is 0.359 e. The lowest BCUT2D eigenvalue weighted by molar-refractivity contribution is 0.0476. The van der Waals surface area contributed by atoms with Gasteiger partial charge >= 0.3 is 11.9 Å². The molecule has 0 unspecified atom stereocenters. The Balaban J connectivity index is 2.30. The largest absolute Gasteiger partial charge is 0.462 e. The van der Waals surface area contributed by atoms with Crippen LogP contribution in [-0.2, 0) is 19.3 Å². The van der Waals surface area contributed by atoms with Gasteiger partial charge in [0, 0.05) is 11.8 Å². The minimum atomic E-state index is -3.39. The van der Waals surface area contributed by atoms with Crippen molar-refractivity contribution in [3.8, 4) is 16.9 Å². The van der Waals surface area contributed by atoms with Gasteiger partial charge in [-0.2, -0.15) is 5.10 Å². The molecule has 1 aromatic heterocycles. The maximum absolute atomic E-state index is 12.8. The first-order valence-corrected chi connectivity index (χ1v) is 11.5. The van der Waals surface area contributed by atoms with Gasteiger partial charge in [0.1, 0.15) is 5.56 Å². The minimum absolute atomic E-state index is 0.0151. The van der Waals surface area contributed by atoms with Crippen LogP contribution in [0.2, 0.25) is 0 Å². The van der Waals surface area contributed by atoms with Gasteiger partial charge in [0.15, 0.2) is 15.5 Å². The Hall–Kier alpha value is -3.46. The second kappa shape index (κ2) is 9.13. The van der Waals surface area contributed by atoms with Crippen LogP contribution in [0, 0.1) is 0 Å². The molecule has 2 aromatic carbocycles. The lowest BCUT2D eigenvalue weighted by Gasteiger charge is -2.10. The quantitative estimate of drug-likeness (QED) is 0.517. The number of rotatable bonds is 7. The van der Waals surface area contributed by atoms with E-state index in [1.807, 2.05) is 6.07 Å². The number of aromatic nitrogens is 2. The highest BCUT2D eigenvalue weighted by atomic mass is 32.2. The van der Waals surface area contributed by atoms with Gasteiger partial charge in [-0.3, -0.25) is 0 Å². The predicted molar refractivity (Wildman–Crippen MR) is 114 cm³/mol. The summed E-state index contributed by atoms with van der Waals surface area (Å²) in [5.41, 5.74) is 1.24. The molecule has 0 radical (unpaired) electrons. The van der Waals surface area contributed by atoms with Gasteiger partial charge in [0.05, 0.1) is 29.5 Å². The number of sulfone groups is 1. The number of benzene rings is 2. The maximum atomic E-state index is 12.8. The van der Waals surface area contributed by atoms with E-state index in [2.05, 4.69) is 5.10 Å². The van der Waals surface area contributed by atoms with Crippen LogP contribution < -0.4 is 0 Å². The van der Waals surface area contributed by atoms with Crippen molar-refractivity contribution in [1.82, 2.24) is 9.78 Å². The van der Waals surface area contributed by atoms with Crippen molar-refractivity contribution >= 4 is 21.8 Å². The van der Waals surface area contributed by atoms with Crippen molar-refractivity contribution < 1.29 is 27.5 Å². The molecule has 0 saturated carbocycles. The van der Waals surface area contributed by atoms with Gasteiger partial charge in [-0.15, -0.1) is 0 Å². The molecule has 0 fully saturated rings. The van der Waals surface area contributed by atoms with E-state index in [-0.39, 0.29) is 29.4 Å². The second-order valence-electron chi connectivity index (χ2n) is 6.56. The van der Waals surface area contributed by atoms with Crippen molar-refractivity contribution in [2.75, 3.05) is 19.5 Å². The number of carbonyl (C=O) groups is 2. The molecular weight excluding hydrogens is 420 g/mol. The SMILES string of the molecule is CCOC(=O)c1nn(-c2ccc(S(C)(=O)=O)cc2)c(-c2ccccc2)c1C(=O)OCC. The van der Waals surface area contributed by atoms with E-state index in [0.29, 0.717) is 16.9 Å². The van der Waals surface area contributed by atoms with Crippen LogP contribution in [0.3, 0.4) is 0 Å². The Kier molecular flexibility index (Phi) is 6.55. The van der Waals surface area contributed by atoms with Crippen LogP contribution in [0.15, 0.2) is 59.5 Å². The number of carbonyl (C=O) groups excluding carboxylic acids is 2. The third-order valence-electron chi connectivity index (χ3n) is 4.39. The summed E-state index contributed by atoms with van der Waals surface area (Å²) in [6.07, 6.45) is 1.11. The van der Waals surface area contributed by atoms with E-state index >= 15 is 0 Å². The molecule has 9 heteroatoms. The van der Waals surface area contributed by atoms with Gasteiger partial charge in [0.25, 0.3) is 0 Å².